The maximum absolute atomic E-state index is 12.6. The Balaban J connectivity index is 1.05. The first-order chi connectivity index (χ1) is 20.8. The van der Waals surface area contributed by atoms with E-state index in [1.165, 1.54) is 10.9 Å². The van der Waals surface area contributed by atoms with Crippen LogP contribution in [-0.2, 0) is 16.1 Å². The van der Waals surface area contributed by atoms with Gasteiger partial charge in [-0.25, -0.2) is 19.7 Å². The molecule has 4 heterocycles. The molecule has 3 aromatic rings. The third kappa shape index (κ3) is 6.34. The molecule has 1 aliphatic carbocycles. The summed E-state index contributed by atoms with van der Waals surface area (Å²) in [6, 6.07) is 7.41. The molecule has 2 saturated heterocycles. The Labute approximate surface area is 247 Å². The number of hydrogen-bond acceptors (Lipinski definition) is 10. The summed E-state index contributed by atoms with van der Waals surface area (Å²) in [6.45, 7) is 1.73. The van der Waals surface area contributed by atoms with Gasteiger partial charge in [-0.1, -0.05) is 18.1 Å². The van der Waals surface area contributed by atoms with E-state index in [1.807, 2.05) is 29.2 Å². The van der Waals surface area contributed by atoms with E-state index < -0.39 is 30.4 Å². The molecule has 14 heteroatoms. The number of nitrogen functional groups attached to an aromatic ring is 2. The number of hydrogen-bond donors (Lipinski definition) is 6. The lowest BCUT2D eigenvalue weighted by atomic mass is 9.94. The summed E-state index contributed by atoms with van der Waals surface area (Å²) in [5.41, 5.74) is 14.1. The molecule has 3 fully saturated rings. The van der Waals surface area contributed by atoms with E-state index in [9.17, 15) is 19.8 Å². The maximum atomic E-state index is 12.6. The van der Waals surface area contributed by atoms with E-state index in [-0.39, 0.29) is 29.4 Å². The SMILES string of the molecule is Nc1ccc(CNC(=O)N2CCC(CC#Cc3nc(N)c4ncn(C5OC(C(=O)NC6CC6)[C@H](O)[C@@H]5O)c4n3)CC2)cc1. The minimum absolute atomic E-state index is 0.0835. The fraction of sp³-hybridized carbons (Fsp3) is 0.483. The van der Waals surface area contributed by atoms with Crippen LogP contribution < -0.4 is 22.1 Å². The molecular formula is C29H35N9O5. The van der Waals surface area contributed by atoms with Crippen molar-refractivity contribution >= 4 is 34.6 Å². The van der Waals surface area contributed by atoms with Gasteiger partial charge < -0.3 is 42.0 Å². The zero-order valence-electron chi connectivity index (χ0n) is 23.5. The number of carbonyl (C=O) groups excluding carboxylic acids is 2. The zero-order chi connectivity index (χ0) is 30.1. The third-order valence-electron chi connectivity index (χ3n) is 8.06. The quantitative estimate of drug-likeness (QED) is 0.171. The summed E-state index contributed by atoms with van der Waals surface area (Å²) in [7, 11) is 0. The van der Waals surface area contributed by atoms with Gasteiger partial charge in [0, 0.05) is 37.8 Å². The number of nitrogens with one attached hydrogen (secondary N) is 2. The highest BCUT2D eigenvalue weighted by molar-refractivity contribution is 5.83. The first-order valence-corrected chi connectivity index (χ1v) is 14.4. The second-order valence-electron chi connectivity index (χ2n) is 11.3. The molecule has 0 radical (unpaired) electrons. The number of ether oxygens (including phenoxy) is 1. The molecule has 0 bridgehead atoms. The van der Waals surface area contributed by atoms with Crippen LogP contribution in [0.1, 0.15) is 49.7 Å². The van der Waals surface area contributed by atoms with Crippen molar-refractivity contribution in [3.8, 4) is 11.8 Å². The Morgan fingerprint density at radius 3 is 2.51 bits per heavy atom. The highest BCUT2D eigenvalue weighted by Crippen LogP contribution is 2.33. The molecule has 3 amide bonds. The van der Waals surface area contributed by atoms with E-state index in [4.69, 9.17) is 16.2 Å². The molecule has 226 valence electrons. The van der Waals surface area contributed by atoms with Gasteiger partial charge in [-0.05, 0) is 55.2 Å². The van der Waals surface area contributed by atoms with Crippen molar-refractivity contribution in [2.24, 2.45) is 5.92 Å². The van der Waals surface area contributed by atoms with Crippen LogP contribution in [0.4, 0.5) is 16.3 Å². The Morgan fingerprint density at radius 2 is 1.79 bits per heavy atom. The molecule has 2 aromatic heterocycles. The van der Waals surface area contributed by atoms with Gasteiger partial charge in [-0.15, -0.1) is 0 Å². The first kappa shape index (κ1) is 28.7. The van der Waals surface area contributed by atoms with Crippen LogP contribution in [0.5, 0.6) is 0 Å². The van der Waals surface area contributed by atoms with Crippen molar-refractivity contribution in [3.05, 3.63) is 42.0 Å². The monoisotopic (exact) mass is 589 g/mol. The Hall–Kier alpha value is -4.45. The van der Waals surface area contributed by atoms with Gasteiger partial charge in [0.15, 0.2) is 23.8 Å². The second kappa shape index (κ2) is 12.0. The van der Waals surface area contributed by atoms with Crippen LogP contribution >= 0.6 is 0 Å². The molecule has 1 saturated carbocycles. The van der Waals surface area contributed by atoms with Gasteiger partial charge in [0.2, 0.25) is 5.82 Å². The normalized spacial score (nSPS) is 24.0. The van der Waals surface area contributed by atoms with Crippen LogP contribution in [0, 0.1) is 17.8 Å². The smallest absolute Gasteiger partial charge is 0.317 e. The van der Waals surface area contributed by atoms with Crippen molar-refractivity contribution in [1.29, 1.82) is 0 Å². The fourth-order valence-corrected chi connectivity index (χ4v) is 5.34. The summed E-state index contributed by atoms with van der Waals surface area (Å²) < 4.78 is 7.21. The predicted molar refractivity (Wildman–Crippen MR) is 156 cm³/mol. The molecule has 43 heavy (non-hydrogen) atoms. The van der Waals surface area contributed by atoms with Crippen molar-refractivity contribution < 1.29 is 24.5 Å². The van der Waals surface area contributed by atoms with Gasteiger partial charge in [-0.2, -0.15) is 0 Å². The van der Waals surface area contributed by atoms with E-state index in [0.29, 0.717) is 43.2 Å². The summed E-state index contributed by atoms with van der Waals surface area (Å²) in [5.74, 6) is 6.26. The van der Waals surface area contributed by atoms with Gasteiger partial charge in [-0.3, -0.25) is 9.36 Å². The number of carbonyl (C=O) groups is 2. The van der Waals surface area contributed by atoms with E-state index in [1.54, 1.807) is 0 Å². The largest absolute Gasteiger partial charge is 0.399 e. The predicted octanol–water partition coefficient (Wildman–Crippen LogP) is 0.252. The molecule has 2 unspecified atom stereocenters. The fourth-order valence-electron chi connectivity index (χ4n) is 5.34. The van der Waals surface area contributed by atoms with Crippen LogP contribution in [0.3, 0.4) is 0 Å². The molecule has 0 spiro atoms. The van der Waals surface area contributed by atoms with Crippen LogP contribution in [0.25, 0.3) is 11.2 Å². The van der Waals surface area contributed by atoms with E-state index >= 15 is 0 Å². The van der Waals surface area contributed by atoms with Crippen LogP contribution in [-0.4, -0.2) is 84.0 Å². The molecule has 8 N–H and O–H groups in total. The van der Waals surface area contributed by atoms with Gasteiger partial charge in [0.25, 0.3) is 5.91 Å². The number of aliphatic hydroxyl groups is 2. The Bertz CT molecular complexity index is 1550. The number of anilines is 2. The maximum Gasteiger partial charge on any atom is 0.317 e. The number of nitrogens with two attached hydrogens (primary N) is 2. The summed E-state index contributed by atoms with van der Waals surface area (Å²) in [6.07, 6.45) is 0.288. The number of benzene rings is 1. The topological polar surface area (TPSA) is 207 Å². The molecule has 6 rings (SSSR count). The second-order valence-corrected chi connectivity index (χ2v) is 11.3. The number of aromatic nitrogens is 4. The van der Waals surface area contributed by atoms with Crippen LogP contribution in [0.2, 0.25) is 0 Å². The molecule has 3 aliphatic rings. The number of rotatable bonds is 6. The molecule has 14 nitrogen and oxygen atoms in total. The van der Waals surface area contributed by atoms with Crippen molar-refractivity contribution in [3.63, 3.8) is 0 Å². The Kier molecular flexibility index (Phi) is 8.02. The summed E-state index contributed by atoms with van der Waals surface area (Å²) >= 11 is 0. The van der Waals surface area contributed by atoms with Gasteiger partial charge in [0.1, 0.15) is 17.7 Å². The lowest BCUT2D eigenvalue weighted by Crippen LogP contribution is -2.44. The number of piperidine rings is 1. The zero-order valence-corrected chi connectivity index (χ0v) is 23.5. The van der Waals surface area contributed by atoms with Crippen molar-refractivity contribution in [2.75, 3.05) is 24.6 Å². The minimum atomic E-state index is -1.42. The third-order valence-corrected chi connectivity index (χ3v) is 8.06. The lowest BCUT2D eigenvalue weighted by molar-refractivity contribution is -0.137. The number of imidazole rings is 1. The first-order valence-electron chi connectivity index (χ1n) is 14.4. The number of urea groups is 1. The number of nitrogens with zero attached hydrogens (tertiary/aromatic N) is 5. The average Bonchev–Trinajstić information content (AvgIpc) is 3.64. The average molecular weight is 590 g/mol. The van der Waals surface area contributed by atoms with Crippen LogP contribution in [0.15, 0.2) is 30.6 Å². The Morgan fingerprint density at radius 1 is 1.05 bits per heavy atom. The number of likely N-dealkylation sites (tertiary alicyclic amines) is 1. The summed E-state index contributed by atoms with van der Waals surface area (Å²) in [4.78, 5) is 39.9. The van der Waals surface area contributed by atoms with Gasteiger partial charge >= 0.3 is 6.03 Å². The molecule has 2 aliphatic heterocycles. The van der Waals surface area contributed by atoms with Gasteiger partial charge in [0.05, 0.1) is 6.33 Å². The molecule has 1 aromatic carbocycles. The number of amides is 3. The lowest BCUT2D eigenvalue weighted by Gasteiger charge is -2.31. The number of fused-ring (bicyclic) bond motifs is 1. The molecular weight excluding hydrogens is 554 g/mol. The standard InChI is InChI=1S/C29H35N9O5/c30-18-6-4-17(5-7-18)14-32-29(42)37-12-10-16(11-13-37)2-1-3-20-35-25(31)21-26(36-20)38(15-33-21)28-23(40)22(39)24(43-28)27(41)34-19-8-9-19/h4-7,15-16,19,22-24,28,39-40H,2,8-14,30H2,(H,32,42)(H,34,41)(H2,31,35,36)/t22-,23+,24?,28?/m1/s1. The number of aliphatic hydroxyl groups excluding tert-OH is 2. The van der Waals surface area contributed by atoms with E-state index in [2.05, 4.69) is 37.4 Å². The highest BCUT2D eigenvalue weighted by atomic mass is 16.6. The highest BCUT2D eigenvalue weighted by Gasteiger charge is 2.48. The minimum Gasteiger partial charge on any atom is -0.399 e. The summed E-state index contributed by atoms with van der Waals surface area (Å²) in [5, 5.41) is 26.9. The van der Waals surface area contributed by atoms with E-state index in [0.717, 1.165) is 31.2 Å². The van der Waals surface area contributed by atoms with Crippen molar-refractivity contribution in [1.82, 2.24) is 35.1 Å². The molecule has 4 atom stereocenters. The van der Waals surface area contributed by atoms with Crippen molar-refractivity contribution in [2.45, 2.75) is 69.2 Å².